The second-order valence-electron chi connectivity index (χ2n) is 6.71. The highest BCUT2D eigenvalue weighted by atomic mass is 35.5. The maximum atomic E-state index is 13.1. The lowest BCUT2D eigenvalue weighted by Gasteiger charge is -2.22. The van der Waals surface area contributed by atoms with Gasteiger partial charge in [0.25, 0.3) is 5.56 Å². The van der Waals surface area contributed by atoms with Crippen molar-refractivity contribution >= 4 is 23.5 Å². The monoisotopic (exact) mass is 462 g/mol. The van der Waals surface area contributed by atoms with Crippen LogP contribution in [-0.4, -0.2) is 31.3 Å². The number of carboxylic acid groups (broad SMARTS) is 2. The molecule has 0 saturated carbocycles. The van der Waals surface area contributed by atoms with E-state index in [1.165, 1.54) is 0 Å². The molecule has 0 aliphatic rings. The molecule has 2 aromatic rings. The molecule has 1 aromatic heterocycles. The van der Waals surface area contributed by atoms with Crippen LogP contribution < -0.4 is 11.2 Å². The van der Waals surface area contributed by atoms with E-state index in [1.54, 1.807) is 13.8 Å². The summed E-state index contributed by atoms with van der Waals surface area (Å²) in [4.78, 5) is 49.0. The lowest BCUT2D eigenvalue weighted by Crippen LogP contribution is -2.41. The first-order valence-electron chi connectivity index (χ1n) is 9.01. The van der Waals surface area contributed by atoms with Gasteiger partial charge in [-0.25, -0.2) is 19.0 Å². The van der Waals surface area contributed by atoms with Gasteiger partial charge in [0.1, 0.15) is 5.69 Å². The second-order valence-corrected chi connectivity index (χ2v) is 7.09. The molecule has 12 heteroatoms. The quantitative estimate of drug-likeness (QED) is 0.678. The highest BCUT2D eigenvalue weighted by Crippen LogP contribution is 2.38. The zero-order chi connectivity index (χ0) is 23.8. The van der Waals surface area contributed by atoms with Crippen molar-refractivity contribution in [3.05, 3.63) is 60.4 Å². The molecule has 1 aromatic carbocycles. The number of aromatic carboxylic acids is 2. The SMILES string of the molecule is CCC(CC)c1c(Cl)c(C(=O)O)cc(-n2c(=O)cc(C(F)(F)F)n(C)c2=O)c1C(=O)O. The summed E-state index contributed by atoms with van der Waals surface area (Å²) in [5.41, 5.74) is -6.48. The summed E-state index contributed by atoms with van der Waals surface area (Å²) in [5.74, 6) is -3.73. The van der Waals surface area contributed by atoms with Gasteiger partial charge >= 0.3 is 23.8 Å². The Kier molecular flexibility index (Phi) is 6.69. The summed E-state index contributed by atoms with van der Waals surface area (Å²) < 4.78 is 39.8. The third kappa shape index (κ3) is 4.22. The summed E-state index contributed by atoms with van der Waals surface area (Å²) in [6, 6.07) is 0.842. The van der Waals surface area contributed by atoms with E-state index in [-0.39, 0.29) is 25.8 Å². The van der Waals surface area contributed by atoms with Crippen LogP contribution in [0.1, 0.15) is 64.6 Å². The predicted octanol–water partition coefficient (Wildman–Crippen LogP) is 3.51. The zero-order valence-electron chi connectivity index (χ0n) is 16.6. The van der Waals surface area contributed by atoms with Crippen molar-refractivity contribution in [2.45, 2.75) is 38.8 Å². The van der Waals surface area contributed by atoms with Crippen LogP contribution in [0.2, 0.25) is 5.02 Å². The number of hydrogen-bond acceptors (Lipinski definition) is 4. The molecule has 0 bridgehead atoms. The topological polar surface area (TPSA) is 119 Å². The molecule has 2 rings (SSSR count). The van der Waals surface area contributed by atoms with Crippen LogP contribution in [0.25, 0.3) is 5.69 Å². The van der Waals surface area contributed by atoms with Gasteiger partial charge in [0.2, 0.25) is 0 Å². The molecule has 0 radical (unpaired) electrons. The van der Waals surface area contributed by atoms with Gasteiger partial charge in [0, 0.05) is 13.1 Å². The lowest BCUT2D eigenvalue weighted by atomic mass is 9.87. The van der Waals surface area contributed by atoms with E-state index in [2.05, 4.69) is 0 Å². The first-order valence-corrected chi connectivity index (χ1v) is 9.39. The Labute approximate surface area is 178 Å². The minimum atomic E-state index is -5.02. The highest BCUT2D eigenvalue weighted by Gasteiger charge is 2.36. The van der Waals surface area contributed by atoms with E-state index in [0.29, 0.717) is 18.9 Å². The summed E-state index contributed by atoms with van der Waals surface area (Å²) in [6.07, 6.45) is -4.33. The van der Waals surface area contributed by atoms with E-state index >= 15 is 0 Å². The van der Waals surface area contributed by atoms with E-state index in [9.17, 15) is 42.6 Å². The minimum Gasteiger partial charge on any atom is -0.478 e. The van der Waals surface area contributed by atoms with Crippen molar-refractivity contribution in [3.63, 3.8) is 0 Å². The van der Waals surface area contributed by atoms with Gasteiger partial charge in [-0.3, -0.25) is 9.36 Å². The van der Waals surface area contributed by atoms with Crippen molar-refractivity contribution in [3.8, 4) is 5.69 Å². The summed E-state index contributed by atoms with van der Waals surface area (Å²) in [5, 5.41) is 19.0. The molecule has 0 unspecified atom stereocenters. The Morgan fingerprint density at radius 3 is 2.06 bits per heavy atom. The van der Waals surface area contributed by atoms with Crippen LogP contribution in [0, 0.1) is 0 Å². The van der Waals surface area contributed by atoms with E-state index in [4.69, 9.17) is 11.6 Å². The minimum absolute atomic E-state index is 0.108. The molecule has 168 valence electrons. The first kappa shape index (κ1) is 24.2. The second kappa shape index (κ2) is 8.58. The summed E-state index contributed by atoms with van der Waals surface area (Å²) in [7, 11) is 0.761. The Morgan fingerprint density at radius 1 is 1.10 bits per heavy atom. The summed E-state index contributed by atoms with van der Waals surface area (Å²) in [6.45, 7) is 3.40. The molecule has 2 N–H and O–H groups in total. The Morgan fingerprint density at radius 2 is 1.65 bits per heavy atom. The van der Waals surface area contributed by atoms with E-state index < -0.39 is 57.8 Å². The molecule has 31 heavy (non-hydrogen) atoms. The van der Waals surface area contributed by atoms with Crippen molar-refractivity contribution in [1.29, 1.82) is 0 Å². The number of carbonyl (C=O) groups is 2. The Bertz CT molecular complexity index is 1180. The fourth-order valence-corrected chi connectivity index (χ4v) is 3.81. The van der Waals surface area contributed by atoms with Crippen molar-refractivity contribution in [2.24, 2.45) is 7.05 Å². The molecular formula is C19H18ClF3N2O6. The Balaban J connectivity index is 3.15. The first-order chi connectivity index (χ1) is 14.3. The van der Waals surface area contributed by atoms with Crippen molar-refractivity contribution in [2.75, 3.05) is 0 Å². The smallest absolute Gasteiger partial charge is 0.431 e. The molecule has 0 atom stereocenters. The van der Waals surface area contributed by atoms with Gasteiger partial charge < -0.3 is 10.2 Å². The standard InChI is InChI=1S/C19H18ClF3N2O6/c1-4-8(5-2)13-14(17(29)30)10(6-9(15(13)20)16(27)28)25-12(26)7-11(19(21,22)23)24(3)18(25)31/h6-8H,4-5H2,1-3H3,(H,27,28)(H,29,30). The molecule has 0 spiro atoms. The molecule has 1 heterocycles. The third-order valence-corrected chi connectivity index (χ3v) is 5.38. The Hall–Kier alpha value is -3.08. The average Bonchev–Trinajstić information content (AvgIpc) is 2.65. The van der Waals surface area contributed by atoms with E-state index in [1.807, 2.05) is 0 Å². The van der Waals surface area contributed by atoms with Crippen LogP contribution in [-0.2, 0) is 13.2 Å². The number of benzene rings is 1. The van der Waals surface area contributed by atoms with Gasteiger partial charge in [0.15, 0.2) is 0 Å². The third-order valence-electron chi connectivity index (χ3n) is 4.97. The number of alkyl halides is 3. The van der Waals surface area contributed by atoms with Crippen LogP contribution in [0.3, 0.4) is 0 Å². The average molecular weight is 463 g/mol. The van der Waals surface area contributed by atoms with Crippen molar-refractivity contribution < 1.29 is 33.0 Å². The number of carboxylic acids is 2. The van der Waals surface area contributed by atoms with E-state index in [0.717, 1.165) is 7.05 Å². The van der Waals surface area contributed by atoms with Gasteiger partial charge in [-0.05, 0) is 30.4 Å². The molecule has 0 aliphatic heterocycles. The zero-order valence-corrected chi connectivity index (χ0v) is 17.3. The number of hydrogen-bond donors (Lipinski definition) is 2. The fourth-order valence-electron chi connectivity index (χ4n) is 3.42. The molecule has 0 fully saturated rings. The maximum Gasteiger partial charge on any atom is 0.431 e. The summed E-state index contributed by atoms with van der Waals surface area (Å²) >= 11 is 6.20. The molecule has 0 aliphatic carbocycles. The van der Waals surface area contributed by atoms with Gasteiger partial charge in [-0.15, -0.1) is 0 Å². The predicted molar refractivity (Wildman–Crippen MR) is 105 cm³/mol. The fraction of sp³-hybridized carbons (Fsp3) is 0.368. The van der Waals surface area contributed by atoms with Crippen molar-refractivity contribution in [1.82, 2.24) is 9.13 Å². The maximum absolute atomic E-state index is 13.1. The molecular weight excluding hydrogens is 445 g/mol. The lowest BCUT2D eigenvalue weighted by molar-refractivity contribution is -0.144. The number of rotatable bonds is 6. The number of nitrogens with zero attached hydrogens (tertiary/aromatic N) is 2. The largest absolute Gasteiger partial charge is 0.478 e. The molecule has 8 nitrogen and oxygen atoms in total. The van der Waals surface area contributed by atoms with Crippen LogP contribution in [0.4, 0.5) is 13.2 Å². The van der Waals surface area contributed by atoms with Crippen LogP contribution >= 0.6 is 11.6 Å². The molecule has 0 amide bonds. The highest BCUT2D eigenvalue weighted by molar-refractivity contribution is 6.35. The van der Waals surface area contributed by atoms with Crippen LogP contribution in [0.5, 0.6) is 0 Å². The number of aromatic nitrogens is 2. The molecule has 0 saturated heterocycles. The van der Waals surface area contributed by atoms with Crippen LogP contribution in [0.15, 0.2) is 21.7 Å². The number of halogens is 4. The van der Waals surface area contributed by atoms with Gasteiger partial charge in [-0.2, -0.15) is 13.2 Å². The normalized spacial score (nSPS) is 11.7. The van der Waals surface area contributed by atoms with Gasteiger partial charge in [0.05, 0.1) is 21.8 Å². The van der Waals surface area contributed by atoms with Gasteiger partial charge in [-0.1, -0.05) is 25.4 Å².